The quantitative estimate of drug-likeness (QED) is 0.304. The molecular formula is C11H22ClNO2. The second-order valence-corrected chi connectivity index (χ2v) is 4.01. The van der Waals surface area contributed by atoms with Gasteiger partial charge in [0, 0.05) is 6.61 Å². The highest BCUT2D eigenvalue weighted by atomic mass is 35.5. The molecule has 0 spiro atoms. The van der Waals surface area contributed by atoms with Gasteiger partial charge in [0.15, 0.2) is 5.16 Å². The SMILES string of the molecule is CC[N+]([O-])(CC)/C(Cl)=C/CCCCCO. The normalized spacial score (nSPS) is 13.3. The third-order valence-corrected chi connectivity index (χ3v) is 3.05. The van der Waals surface area contributed by atoms with Gasteiger partial charge in [-0.05, 0) is 50.8 Å². The second-order valence-electron chi connectivity index (χ2n) is 3.62. The van der Waals surface area contributed by atoms with E-state index >= 15 is 0 Å². The Hall–Kier alpha value is -0.0900. The molecule has 0 aliphatic heterocycles. The Morgan fingerprint density at radius 3 is 2.33 bits per heavy atom. The summed E-state index contributed by atoms with van der Waals surface area (Å²) in [4.78, 5) is 0. The summed E-state index contributed by atoms with van der Waals surface area (Å²) in [5.41, 5.74) is 0. The minimum atomic E-state index is -0.429. The lowest BCUT2D eigenvalue weighted by Crippen LogP contribution is -2.38. The summed E-state index contributed by atoms with van der Waals surface area (Å²) in [5, 5.41) is 20.9. The first-order chi connectivity index (χ1) is 7.10. The number of unbranched alkanes of at least 4 members (excludes halogenated alkanes) is 3. The Labute approximate surface area is 97.5 Å². The van der Waals surface area contributed by atoms with Crippen molar-refractivity contribution in [2.45, 2.75) is 39.5 Å². The fraction of sp³-hybridized carbons (Fsp3) is 0.818. The number of allylic oxidation sites excluding steroid dienone is 1. The van der Waals surface area contributed by atoms with E-state index in [2.05, 4.69) is 0 Å². The highest BCUT2D eigenvalue weighted by Crippen LogP contribution is 2.20. The second kappa shape index (κ2) is 8.11. The number of aliphatic hydroxyl groups is 1. The zero-order chi connectivity index (χ0) is 11.7. The first kappa shape index (κ1) is 14.9. The highest BCUT2D eigenvalue weighted by molar-refractivity contribution is 6.28. The van der Waals surface area contributed by atoms with Crippen molar-refractivity contribution in [1.29, 1.82) is 0 Å². The molecule has 0 rings (SSSR count). The Morgan fingerprint density at radius 1 is 1.27 bits per heavy atom. The standard InChI is InChI=1S/C11H22ClNO2/c1-3-13(15,4-2)11(12)9-7-5-6-8-10-14/h9,14H,3-8,10H2,1-2H3/b11-9+. The van der Waals surface area contributed by atoms with Crippen LogP contribution in [0.15, 0.2) is 11.2 Å². The number of halogens is 1. The maximum Gasteiger partial charge on any atom is 0.197 e. The lowest BCUT2D eigenvalue weighted by atomic mass is 10.2. The predicted octanol–water partition coefficient (Wildman–Crippen LogP) is 2.97. The summed E-state index contributed by atoms with van der Waals surface area (Å²) in [6.07, 6.45) is 5.42. The zero-order valence-electron chi connectivity index (χ0n) is 9.71. The summed E-state index contributed by atoms with van der Waals surface area (Å²) in [7, 11) is 0. The largest absolute Gasteiger partial charge is 0.627 e. The van der Waals surface area contributed by atoms with Crippen molar-refractivity contribution in [2.75, 3.05) is 19.7 Å². The molecule has 0 radical (unpaired) electrons. The monoisotopic (exact) mass is 235 g/mol. The third-order valence-electron chi connectivity index (χ3n) is 2.59. The molecule has 0 atom stereocenters. The molecule has 3 nitrogen and oxygen atoms in total. The highest BCUT2D eigenvalue weighted by Gasteiger charge is 2.15. The summed E-state index contributed by atoms with van der Waals surface area (Å²) >= 11 is 5.97. The van der Waals surface area contributed by atoms with Gasteiger partial charge in [-0.25, -0.2) is 0 Å². The summed E-state index contributed by atoms with van der Waals surface area (Å²) in [5.74, 6) is 0. The Kier molecular flexibility index (Phi) is 8.06. The van der Waals surface area contributed by atoms with Gasteiger partial charge in [-0.3, -0.25) is 0 Å². The minimum absolute atomic E-state index is 0.239. The van der Waals surface area contributed by atoms with Gasteiger partial charge in [0.05, 0.1) is 13.1 Å². The van der Waals surface area contributed by atoms with E-state index < -0.39 is 4.65 Å². The van der Waals surface area contributed by atoms with Crippen molar-refractivity contribution in [1.82, 2.24) is 0 Å². The molecule has 0 aliphatic carbocycles. The van der Waals surface area contributed by atoms with E-state index in [9.17, 15) is 5.21 Å². The topological polar surface area (TPSA) is 43.3 Å². The van der Waals surface area contributed by atoms with Crippen LogP contribution < -0.4 is 0 Å². The van der Waals surface area contributed by atoms with Crippen LogP contribution in [0.1, 0.15) is 39.5 Å². The molecule has 15 heavy (non-hydrogen) atoms. The number of rotatable bonds is 8. The maximum atomic E-state index is 12.0. The van der Waals surface area contributed by atoms with Crippen LogP contribution >= 0.6 is 11.6 Å². The van der Waals surface area contributed by atoms with E-state index in [0.29, 0.717) is 18.2 Å². The number of hydrogen-bond acceptors (Lipinski definition) is 2. The van der Waals surface area contributed by atoms with Crippen LogP contribution in [0, 0.1) is 5.21 Å². The molecule has 0 fully saturated rings. The average molecular weight is 236 g/mol. The van der Waals surface area contributed by atoms with E-state index in [-0.39, 0.29) is 6.61 Å². The lowest BCUT2D eigenvalue weighted by Gasteiger charge is -2.39. The fourth-order valence-electron chi connectivity index (χ4n) is 1.35. The molecule has 4 heteroatoms. The molecule has 0 aromatic rings. The number of hydrogen-bond donors (Lipinski definition) is 1. The van der Waals surface area contributed by atoms with Gasteiger partial charge in [0.25, 0.3) is 0 Å². The van der Waals surface area contributed by atoms with E-state index in [1.54, 1.807) is 0 Å². The molecule has 0 aromatic carbocycles. The van der Waals surface area contributed by atoms with Gasteiger partial charge in [0.1, 0.15) is 0 Å². The van der Waals surface area contributed by atoms with Crippen molar-refractivity contribution in [3.05, 3.63) is 16.4 Å². The van der Waals surface area contributed by atoms with Crippen LogP contribution in [-0.4, -0.2) is 29.4 Å². The van der Waals surface area contributed by atoms with Crippen molar-refractivity contribution in [2.24, 2.45) is 0 Å². The van der Waals surface area contributed by atoms with Crippen LogP contribution in [0.2, 0.25) is 0 Å². The van der Waals surface area contributed by atoms with Crippen LogP contribution in [0.4, 0.5) is 0 Å². The van der Waals surface area contributed by atoms with Crippen molar-refractivity contribution in [3.63, 3.8) is 0 Å². The van der Waals surface area contributed by atoms with Gasteiger partial charge < -0.3 is 15.0 Å². The van der Waals surface area contributed by atoms with E-state index in [1.165, 1.54) is 0 Å². The molecular weight excluding hydrogens is 214 g/mol. The molecule has 0 heterocycles. The number of nitrogens with zero attached hydrogens (tertiary/aromatic N) is 1. The lowest BCUT2D eigenvalue weighted by molar-refractivity contribution is -0.831. The molecule has 0 unspecified atom stereocenters. The average Bonchev–Trinajstić information content (AvgIpc) is 2.27. The fourth-order valence-corrected chi connectivity index (χ4v) is 1.69. The molecule has 90 valence electrons. The number of hydroxylamine groups is 3. The molecule has 0 amide bonds. The van der Waals surface area contributed by atoms with Crippen LogP contribution in [0.3, 0.4) is 0 Å². The van der Waals surface area contributed by atoms with Crippen molar-refractivity contribution < 1.29 is 9.75 Å². The van der Waals surface area contributed by atoms with E-state index in [1.807, 2.05) is 19.9 Å². The smallest absolute Gasteiger partial charge is 0.197 e. The first-order valence-corrected chi connectivity index (χ1v) is 6.03. The van der Waals surface area contributed by atoms with Gasteiger partial charge >= 0.3 is 0 Å². The van der Waals surface area contributed by atoms with Crippen LogP contribution in [0.5, 0.6) is 0 Å². The molecule has 0 saturated heterocycles. The molecule has 1 N–H and O–H groups in total. The van der Waals surface area contributed by atoms with Crippen molar-refractivity contribution in [3.8, 4) is 0 Å². The molecule has 0 aliphatic rings. The Morgan fingerprint density at radius 2 is 1.87 bits per heavy atom. The van der Waals surface area contributed by atoms with Crippen molar-refractivity contribution >= 4 is 11.6 Å². The molecule has 0 saturated carbocycles. The molecule has 0 bridgehead atoms. The van der Waals surface area contributed by atoms with Gasteiger partial charge in [0.2, 0.25) is 0 Å². The number of aliphatic hydroxyl groups excluding tert-OH is 1. The minimum Gasteiger partial charge on any atom is -0.627 e. The van der Waals surface area contributed by atoms with E-state index in [0.717, 1.165) is 25.7 Å². The summed E-state index contributed by atoms with van der Waals surface area (Å²) in [6, 6.07) is 0. The number of quaternary nitrogens is 1. The summed E-state index contributed by atoms with van der Waals surface area (Å²) < 4.78 is -0.429. The molecule has 0 aromatic heterocycles. The Balaban J connectivity index is 3.96. The Bertz CT molecular complexity index is 191. The maximum absolute atomic E-state index is 12.0. The van der Waals surface area contributed by atoms with E-state index in [4.69, 9.17) is 16.7 Å². The predicted molar refractivity (Wildman–Crippen MR) is 64.2 cm³/mol. The zero-order valence-corrected chi connectivity index (χ0v) is 10.5. The van der Waals surface area contributed by atoms with Crippen LogP contribution in [0.25, 0.3) is 0 Å². The van der Waals surface area contributed by atoms with Crippen LogP contribution in [-0.2, 0) is 0 Å². The van der Waals surface area contributed by atoms with Gasteiger partial charge in [-0.15, -0.1) is 0 Å². The third kappa shape index (κ3) is 5.52. The summed E-state index contributed by atoms with van der Waals surface area (Å²) in [6.45, 7) is 4.88. The van der Waals surface area contributed by atoms with Gasteiger partial charge in [-0.2, -0.15) is 0 Å². The first-order valence-electron chi connectivity index (χ1n) is 5.65. The van der Waals surface area contributed by atoms with Gasteiger partial charge in [-0.1, -0.05) is 6.42 Å².